The Morgan fingerprint density at radius 2 is 2.09 bits per heavy atom. The lowest BCUT2D eigenvalue weighted by Gasteiger charge is -2.05. The summed E-state index contributed by atoms with van der Waals surface area (Å²) in [5.74, 6) is 0.419. The van der Waals surface area contributed by atoms with Gasteiger partial charge in [-0.2, -0.15) is 4.98 Å². The second kappa shape index (κ2) is 5.20. The van der Waals surface area contributed by atoms with Crippen molar-refractivity contribution in [3.63, 3.8) is 0 Å². The SMILES string of the molecule is Nc1nc(-c2ccco2)c2ncn(Cc3cccc(F)c3)c2n1. The second-order valence-electron chi connectivity index (χ2n) is 5.08. The highest BCUT2D eigenvalue weighted by molar-refractivity contribution is 5.86. The Bertz CT molecular complexity index is 977. The molecule has 0 fully saturated rings. The average Bonchev–Trinajstić information content (AvgIpc) is 3.17. The van der Waals surface area contributed by atoms with E-state index in [-0.39, 0.29) is 11.8 Å². The zero-order valence-corrected chi connectivity index (χ0v) is 12.0. The van der Waals surface area contributed by atoms with Crippen molar-refractivity contribution < 1.29 is 8.81 Å². The van der Waals surface area contributed by atoms with E-state index in [1.165, 1.54) is 12.1 Å². The van der Waals surface area contributed by atoms with E-state index in [1.54, 1.807) is 35.4 Å². The Morgan fingerprint density at radius 1 is 1.17 bits per heavy atom. The van der Waals surface area contributed by atoms with Crippen LogP contribution in [0, 0.1) is 5.82 Å². The van der Waals surface area contributed by atoms with Gasteiger partial charge >= 0.3 is 0 Å². The van der Waals surface area contributed by atoms with Crippen molar-refractivity contribution in [3.8, 4) is 11.5 Å². The van der Waals surface area contributed by atoms with Gasteiger partial charge in [0.05, 0.1) is 19.1 Å². The molecule has 114 valence electrons. The predicted octanol–water partition coefficient (Wildman–Crippen LogP) is 2.86. The quantitative estimate of drug-likeness (QED) is 0.629. The first kappa shape index (κ1) is 13.4. The van der Waals surface area contributed by atoms with E-state index >= 15 is 0 Å². The van der Waals surface area contributed by atoms with Gasteiger partial charge < -0.3 is 14.7 Å². The summed E-state index contributed by atoms with van der Waals surface area (Å²) in [6.07, 6.45) is 3.19. The van der Waals surface area contributed by atoms with Crippen LogP contribution in [-0.2, 0) is 6.54 Å². The third kappa shape index (κ3) is 2.42. The minimum absolute atomic E-state index is 0.130. The summed E-state index contributed by atoms with van der Waals surface area (Å²) < 4.78 is 20.5. The Balaban J connectivity index is 1.83. The van der Waals surface area contributed by atoms with Crippen LogP contribution in [-0.4, -0.2) is 19.5 Å². The molecule has 0 saturated heterocycles. The number of fused-ring (bicyclic) bond motifs is 1. The molecule has 0 aliphatic heterocycles. The summed E-state index contributed by atoms with van der Waals surface area (Å²) in [6.45, 7) is 0.433. The summed E-state index contributed by atoms with van der Waals surface area (Å²) in [7, 11) is 0. The number of nitrogens with two attached hydrogens (primary N) is 1. The van der Waals surface area contributed by atoms with Gasteiger partial charge in [-0.15, -0.1) is 0 Å². The summed E-state index contributed by atoms with van der Waals surface area (Å²) in [5, 5.41) is 0. The standard InChI is InChI=1S/C16H12FN5O/c17-11-4-1-3-10(7-11)8-22-9-19-14-13(12-5-2-6-23-12)20-16(18)21-15(14)22/h1-7,9H,8H2,(H2,18,20,21). The minimum Gasteiger partial charge on any atom is -0.463 e. The summed E-state index contributed by atoms with van der Waals surface area (Å²) >= 11 is 0. The molecule has 2 N–H and O–H groups in total. The number of nitrogen functional groups attached to an aromatic ring is 1. The zero-order valence-electron chi connectivity index (χ0n) is 12.0. The van der Waals surface area contributed by atoms with Crippen molar-refractivity contribution >= 4 is 17.1 Å². The third-order valence-electron chi connectivity index (χ3n) is 3.48. The average molecular weight is 309 g/mol. The van der Waals surface area contributed by atoms with Crippen molar-refractivity contribution in [2.75, 3.05) is 5.73 Å². The molecule has 4 aromatic rings. The van der Waals surface area contributed by atoms with Crippen LogP contribution < -0.4 is 5.73 Å². The molecular weight excluding hydrogens is 297 g/mol. The molecular formula is C16H12FN5O. The first-order valence-electron chi connectivity index (χ1n) is 6.97. The maximum absolute atomic E-state index is 13.3. The number of aromatic nitrogens is 4. The van der Waals surface area contributed by atoms with Crippen LogP contribution >= 0.6 is 0 Å². The van der Waals surface area contributed by atoms with Gasteiger partial charge in [0.25, 0.3) is 0 Å². The van der Waals surface area contributed by atoms with Crippen molar-refractivity contribution in [1.29, 1.82) is 0 Å². The lowest BCUT2D eigenvalue weighted by atomic mass is 10.2. The van der Waals surface area contributed by atoms with Gasteiger partial charge in [0.15, 0.2) is 11.4 Å². The van der Waals surface area contributed by atoms with Gasteiger partial charge in [-0.25, -0.2) is 14.4 Å². The van der Waals surface area contributed by atoms with Crippen LogP contribution in [0.15, 0.2) is 53.4 Å². The second-order valence-corrected chi connectivity index (χ2v) is 5.08. The largest absolute Gasteiger partial charge is 0.463 e. The van der Waals surface area contributed by atoms with Gasteiger partial charge in [-0.1, -0.05) is 12.1 Å². The molecule has 0 aliphatic rings. The lowest BCUT2D eigenvalue weighted by Crippen LogP contribution is -2.03. The predicted molar refractivity (Wildman–Crippen MR) is 82.9 cm³/mol. The van der Waals surface area contributed by atoms with Crippen molar-refractivity contribution in [3.05, 3.63) is 60.4 Å². The van der Waals surface area contributed by atoms with Crippen LogP contribution in [0.4, 0.5) is 10.3 Å². The molecule has 1 aromatic carbocycles. The highest BCUT2D eigenvalue weighted by atomic mass is 19.1. The van der Waals surface area contributed by atoms with E-state index in [1.807, 2.05) is 6.07 Å². The van der Waals surface area contributed by atoms with Gasteiger partial charge in [0.2, 0.25) is 5.95 Å². The van der Waals surface area contributed by atoms with Crippen LogP contribution in [0.2, 0.25) is 0 Å². The number of hydrogen-bond donors (Lipinski definition) is 1. The molecule has 0 aliphatic carbocycles. The first-order valence-corrected chi connectivity index (χ1v) is 6.97. The topological polar surface area (TPSA) is 82.8 Å². The van der Waals surface area contributed by atoms with Crippen LogP contribution in [0.5, 0.6) is 0 Å². The van der Waals surface area contributed by atoms with E-state index in [4.69, 9.17) is 10.2 Å². The van der Waals surface area contributed by atoms with Crippen LogP contribution in [0.3, 0.4) is 0 Å². The van der Waals surface area contributed by atoms with E-state index in [2.05, 4.69) is 15.0 Å². The lowest BCUT2D eigenvalue weighted by molar-refractivity contribution is 0.580. The maximum Gasteiger partial charge on any atom is 0.222 e. The van der Waals surface area contributed by atoms with Gasteiger partial charge in [0, 0.05) is 0 Å². The number of benzene rings is 1. The van der Waals surface area contributed by atoms with Crippen molar-refractivity contribution in [2.45, 2.75) is 6.54 Å². The maximum atomic E-state index is 13.3. The number of nitrogens with zero attached hydrogens (tertiary/aromatic N) is 4. The number of halogens is 1. The molecule has 6 nitrogen and oxygen atoms in total. The number of furan rings is 1. The monoisotopic (exact) mass is 309 g/mol. The summed E-state index contributed by atoms with van der Waals surface area (Å²) in [4.78, 5) is 12.8. The van der Waals surface area contributed by atoms with E-state index in [9.17, 15) is 4.39 Å². The molecule has 0 bridgehead atoms. The number of anilines is 1. The van der Waals surface area contributed by atoms with Crippen LogP contribution in [0.25, 0.3) is 22.6 Å². The molecule has 7 heteroatoms. The fraction of sp³-hybridized carbons (Fsp3) is 0.0625. The molecule has 0 radical (unpaired) electrons. The zero-order chi connectivity index (χ0) is 15.8. The Labute approximate surface area is 130 Å². The molecule has 0 unspecified atom stereocenters. The summed E-state index contributed by atoms with van der Waals surface area (Å²) in [5.41, 5.74) is 8.32. The normalized spacial score (nSPS) is 11.2. The van der Waals surface area contributed by atoms with E-state index < -0.39 is 0 Å². The molecule has 0 saturated carbocycles. The Hall–Kier alpha value is -3.22. The molecule has 3 aromatic heterocycles. The minimum atomic E-state index is -0.280. The molecule has 3 heterocycles. The molecule has 4 rings (SSSR count). The first-order chi connectivity index (χ1) is 11.2. The summed E-state index contributed by atoms with van der Waals surface area (Å²) in [6, 6.07) is 9.94. The highest BCUT2D eigenvalue weighted by Gasteiger charge is 2.15. The van der Waals surface area contributed by atoms with Crippen LogP contribution in [0.1, 0.15) is 5.56 Å². The van der Waals surface area contributed by atoms with Gasteiger partial charge in [0.1, 0.15) is 17.0 Å². The molecule has 0 atom stereocenters. The number of hydrogen-bond acceptors (Lipinski definition) is 5. The van der Waals surface area contributed by atoms with E-state index in [0.29, 0.717) is 29.2 Å². The molecule has 0 amide bonds. The number of imidazole rings is 1. The Morgan fingerprint density at radius 3 is 2.87 bits per heavy atom. The Kier molecular flexibility index (Phi) is 3.04. The van der Waals surface area contributed by atoms with Crippen molar-refractivity contribution in [1.82, 2.24) is 19.5 Å². The van der Waals surface area contributed by atoms with E-state index in [0.717, 1.165) is 5.56 Å². The van der Waals surface area contributed by atoms with Crippen molar-refractivity contribution in [2.24, 2.45) is 0 Å². The molecule has 0 spiro atoms. The van der Waals surface area contributed by atoms with Gasteiger partial charge in [-0.05, 0) is 29.8 Å². The van der Waals surface area contributed by atoms with Gasteiger partial charge in [-0.3, -0.25) is 0 Å². The molecule has 23 heavy (non-hydrogen) atoms. The fourth-order valence-corrected chi connectivity index (χ4v) is 2.49. The smallest absolute Gasteiger partial charge is 0.222 e. The number of rotatable bonds is 3. The fourth-order valence-electron chi connectivity index (χ4n) is 2.49. The third-order valence-corrected chi connectivity index (χ3v) is 3.48. The highest BCUT2D eigenvalue weighted by Crippen LogP contribution is 2.26.